The van der Waals surface area contributed by atoms with E-state index in [0.717, 1.165) is 12.3 Å². The smallest absolute Gasteiger partial charge is 0.355 e. The van der Waals surface area contributed by atoms with Gasteiger partial charge in [0.15, 0.2) is 0 Å². The molecule has 0 aliphatic carbocycles. The highest BCUT2D eigenvalue weighted by molar-refractivity contribution is 5.97. The van der Waals surface area contributed by atoms with Crippen molar-refractivity contribution >= 4 is 22.8 Å². The lowest BCUT2D eigenvalue weighted by Gasteiger charge is -2.23. The molecule has 3 heterocycles. The fourth-order valence-electron chi connectivity index (χ4n) is 4.09. The summed E-state index contributed by atoms with van der Waals surface area (Å²) in [5.41, 5.74) is 1.20. The van der Waals surface area contributed by atoms with E-state index in [1.807, 2.05) is 11.8 Å². The Hall–Kier alpha value is -3.43. The molecule has 2 aromatic heterocycles. The summed E-state index contributed by atoms with van der Waals surface area (Å²) in [6, 6.07) is 7.54. The summed E-state index contributed by atoms with van der Waals surface area (Å²) < 4.78 is 40.0. The van der Waals surface area contributed by atoms with E-state index in [1.54, 1.807) is 34.6 Å². The summed E-state index contributed by atoms with van der Waals surface area (Å²) in [5.74, 6) is 0.313. The number of benzene rings is 1. The monoisotopic (exact) mass is 459 g/mol. The van der Waals surface area contributed by atoms with Crippen LogP contribution < -0.4 is 10.5 Å². The van der Waals surface area contributed by atoms with Gasteiger partial charge in [0.1, 0.15) is 11.5 Å². The second kappa shape index (κ2) is 8.84. The molecule has 33 heavy (non-hydrogen) atoms. The minimum Gasteiger partial charge on any atom is -0.355 e. The van der Waals surface area contributed by atoms with Crippen molar-refractivity contribution in [3.8, 4) is 0 Å². The largest absolute Gasteiger partial charge is 0.417 e. The molecule has 1 fully saturated rings. The summed E-state index contributed by atoms with van der Waals surface area (Å²) in [5, 5.41) is 0. The first-order valence-electron chi connectivity index (χ1n) is 10.8. The van der Waals surface area contributed by atoms with E-state index >= 15 is 0 Å². The molecule has 1 saturated heterocycles. The standard InChI is InChI=1S/C23H24F3N5O2/c1-3-31-19-7-5-16(13-18(19)28-15(2)21(31)32)22(33)30-10-4-9-29(11-12-30)20-8-6-17(14-27-20)23(24,25)26/h5-8,13-14H,3-4,9-12H2,1-2H3. The Morgan fingerprint density at radius 3 is 2.55 bits per heavy atom. The SMILES string of the molecule is CCn1c(=O)c(C)nc2cc(C(=O)N3CCCN(c4ccc(C(F)(F)F)cn4)CC3)ccc21. The van der Waals surface area contributed by atoms with E-state index in [9.17, 15) is 22.8 Å². The summed E-state index contributed by atoms with van der Waals surface area (Å²) in [7, 11) is 0. The highest BCUT2D eigenvalue weighted by Crippen LogP contribution is 2.29. The molecule has 174 valence electrons. The van der Waals surface area contributed by atoms with Crippen LogP contribution in [0.4, 0.5) is 19.0 Å². The maximum atomic E-state index is 13.2. The molecule has 0 unspecified atom stereocenters. The predicted octanol–water partition coefficient (Wildman–Crippen LogP) is 3.49. The summed E-state index contributed by atoms with van der Waals surface area (Å²) in [6.07, 6.45) is -2.93. The highest BCUT2D eigenvalue weighted by Gasteiger charge is 2.31. The van der Waals surface area contributed by atoms with Crippen LogP contribution in [0, 0.1) is 6.92 Å². The van der Waals surface area contributed by atoms with Crippen LogP contribution in [0.1, 0.15) is 35.0 Å². The average molecular weight is 459 g/mol. The number of hydrogen-bond acceptors (Lipinski definition) is 5. The third-order valence-electron chi connectivity index (χ3n) is 5.85. The average Bonchev–Trinajstić information content (AvgIpc) is 3.05. The van der Waals surface area contributed by atoms with Crippen molar-refractivity contribution < 1.29 is 18.0 Å². The molecule has 0 atom stereocenters. The second-order valence-corrected chi connectivity index (χ2v) is 7.99. The lowest BCUT2D eigenvalue weighted by Crippen LogP contribution is -2.35. The zero-order valence-electron chi connectivity index (χ0n) is 18.4. The number of fused-ring (bicyclic) bond motifs is 1. The Bertz CT molecular complexity index is 1240. The van der Waals surface area contributed by atoms with E-state index in [2.05, 4.69) is 9.97 Å². The first-order chi connectivity index (χ1) is 15.7. The molecule has 1 aliphatic rings. The van der Waals surface area contributed by atoms with Gasteiger partial charge in [-0.2, -0.15) is 13.2 Å². The number of amides is 1. The number of aryl methyl sites for hydroxylation is 2. The van der Waals surface area contributed by atoms with Crippen LogP contribution in [0.2, 0.25) is 0 Å². The van der Waals surface area contributed by atoms with Gasteiger partial charge in [-0.05, 0) is 50.6 Å². The van der Waals surface area contributed by atoms with Crippen LogP contribution in [-0.2, 0) is 12.7 Å². The molecule has 7 nitrogen and oxygen atoms in total. The molecule has 0 N–H and O–H groups in total. The first-order valence-corrected chi connectivity index (χ1v) is 10.8. The van der Waals surface area contributed by atoms with E-state index in [1.165, 1.54) is 6.07 Å². The minimum atomic E-state index is -4.42. The van der Waals surface area contributed by atoms with E-state index in [4.69, 9.17) is 0 Å². The lowest BCUT2D eigenvalue weighted by atomic mass is 10.1. The second-order valence-electron chi connectivity index (χ2n) is 7.99. The van der Waals surface area contributed by atoms with E-state index in [0.29, 0.717) is 67.3 Å². The van der Waals surface area contributed by atoms with E-state index in [-0.39, 0.29) is 11.5 Å². The van der Waals surface area contributed by atoms with Crippen molar-refractivity contribution in [3.63, 3.8) is 0 Å². The van der Waals surface area contributed by atoms with Crippen LogP contribution in [0.3, 0.4) is 0 Å². The van der Waals surface area contributed by atoms with Gasteiger partial charge in [-0.3, -0.25) is 9.59 Å². The number of alkyl halides is 3. The van der Waals surface area contributed by atoms with E-state index < -0.39 is 11.7 Å². The van der Waals surface area contributed by atoms with Crippen LogP contribution in [-0.4, -0.2) is 51.5 Å². The van der Waals surface area contributed by atoms with Crippen molar-refractivity contribution in [1.82, 2.24) is 19.4 Å². The summed E-state index contributed by atoms with van der Waals surface area (Å²) in [6.45, 7) is 6.03. The molecule has 0 saturated carbocycles. The summed E-state index contributed by atoms with van der Waals surface area (Å²) in [4.78, 5) is 37.4. The molecule has 0 bridgehead atoms. The maximum Gasteiger partial charge on any atom is 0.417 e. The number of pyridine rings is 1. The van der Waals surface area contributed by atoms with Crippen molar-refractivity contribution in [3.05, 3.63) is 63.7 Å². The molecule has 0 radical (unpaired) electrons. The highest BCUT2D eigenvalue weighted by atomic mass is 19.4. The van der Waals surface area contributed by atoms with Gasteiger partial charge in [-0.1, -0.05) is 0 Å². The fourth-order valence-corrected chi connectivity index (χ4v) is 4.09. The topological polar surface area (TPSA) is 71.3 Å². The van der Waals surface area contributed by atoms with Crippen molar-refractivity contribution in [2.45, 2.75) is 33.0 Å². The number of hydrogen-bond donors (Lipinski definition) is 0. The third kappa shape index (κ3) is 4.55. The maximum absolute atomic E-state index is 13.2. The van der Waals surface area contributed by atoms with Crippen molar-refractivity contribution in [1.29, 1.82) is 0 Å². The van der Waals surface area contributed by atoms with Crippen molar-refractivity contribution in [2.24, 2.45) is 0 Å². The number of rotatable bonds is 3. The molecule has 1 aliphatic heterocycles. The molecule has 3 aromatic rings. The zero-order valence-corrected chi connectivity index (χ0v) is 18.4. The number of aromatic nitrogens is 3. The Morgan fingerprint density at radius 1 is 1.09 bits per heavy atom. The number of nitrogens with zero attached hydrogens (tertiary/aromatic N) is 5. The van der Waals surface area contributed by atoms with Crippen molar-refractivity contribution in [2.75, 3.05) is 31.1 Å². The number of halogens is 3. The van der Waals surface area contributed by atoms with Gasteiger partial charge >= 0.3 is 6.18 Å². The van der Waals surface area contributed by atoms with Crippen LogP contribution >= 0.6 is 0 Å². The first kappa shape index (κ1) is 22.8. The van der Waals surface area contributed by atoms with Crippen LogP contribution in [0.15, 0.2) is 41.3 Å². The van der Waals surface area contributed by atoms with Crippen LogP contribution in [0.5, 0.6) is 0 Å². The van der Waals surface area contributed by atoms with Gasteiger partial charge in [0.2, 0.25) is 0 Å². The Kier molecular flexibility index (Phi) is 6.09. The summed E-state index contributed by atoms with van der Waals surface area (Å²) >= 11 is 0. The van der Waals surface area contributed by atoms with Gasteiger partial charge in [-0.15, -0.1) is 0 Å². The number of carbonyl (C=O) groups excluding carboxylic acids is 1. The predicted molar refractivity (Wildman–Crippen MR) is 118 cm³/mol. The number of carbonyl (C=O) groups is 1. The van der Waals surface area contributed by atoms with Gasteiger partial charge in [-0.25, -0.2) is 9.97 Å². The van der Waals surface area contributed by atoms with Crippen LogP contribution in [0.25, 0.3) is 11.0 Å². The Labute approximate surface area is 188 Å². The lowest BCUT2D eigenvalue weighted by molar-refractivity contribution is -0.137. The normalized spacial score (nSPS) is 15.1. The molecule has 1 aromatic carbocycles. The molecular weight excluding hydrogens is 435 g/mol. The molecular formula is C23H24F3N5O2. The fraction of sp³-hybridized carbons (Fsp3) is 0.391. The zero-order chi connectivity index (χ0) is 23.8. The van der Waals surface area contributed by atoms with Gasteiger partial charge < -0.3 is 14.4 Å². The molecule has 0 spiro atoms. The molecule has 4 rings (SSSR count). The Morgan fingerprint density at radius 2 is 1.88 bits per heavy atom. The minimum absolute atomic E-state index is 0.145. The quantitative estimate of drug-likeness (QED) is 0.600. The molecule has 10 heteroatoms. The van der Waals surface area contributed by atoms with Gasteiger partial charge in [0.05, 0.1) is 16.6 Å². The van der Waals surface area contributed by atoms with Gasteiger partial charge in [0, 0.05) is 44.5 Å². The Balaban J connectivity index is 1.51. The van der Waals surface area contributed by atoms with Gasteiger partial charge in [0.25, 0.3) is 11.5 Å². The number of anilines is 1. The third-order valence-corrected chi connectivity index (χ3v) is 5.85. The molecule has 1 amide bonds.